The molecule has 31 heavy (non-hydrogen) atoms. The van der Waals surface area contributed by atoms with Crippen LogP contribution in [0, 0.1) is 0 Å². The van der Waals surface area contributed by atoms with Gasteiger partial charge in [0.25, 0.3) is 11.8 Å². The first kappa shape index (κ1) is 22.1. The van der Waals surface area contributed by atoms with Crippen LogP contribution in [0.5, 0.6) is 0 Å². The second kappa shape index (κ2) is 9.94. The number of ether oxygens (including phenoxy) is 1. The Morgan fingerprint density at radius 2 is 1.71 bits per heavy atom. The molecule has 0 bridgehead atoms. The van der Waals surface area contributed by atoms with Gasteiger partial charge in [-0.1, -0.05) is 31.5 Å². The molecular weight excluding hydrogens is 418 g/mol. The monoisotopic (exact) mass is 439 g/mol. The van der Waals surface area contributed by atoms with Gasteiger partial charge >= 0.3 is 5.97 Å². The van der Waals surface area contributed by atoms with E-state index in [0.717, 1.165) is 17.7 Å². The van der Waals surface area contributed by atoms with Gasteiger partial charge in [0.2, 0.25) is 5.91 Å². The van der Waals surface area contributed by atoms with Crippen molar-refractivity contribution in [3.63, 3.8) is 0 Å². The lowest BCUT2D eigenvalue weighted by molar-refractivity contribution is -0.120. The second-order valence-electron chi connectivity index (χ2n) is 6.81. The third-order valence-electron chi connectivity index (χ3n) is 4.52. The molecule has 2 N–H and O–H groups in total. The summed E-state index contributed by atoms with van der Waals surface area (Å²) in [7, 11) is 0. The summed E-state index contributed by atoms with van der Waals surface area (Å²) in [6, 6.07) is 12.9. The van der Waals surface area contributed by atoms with E-state index in [-0.39, 0.29) is 16.2 Å². The predicted octanol–water partition coefficient (Wildman–Crippen LogP) is 2.75. The maximum atomic E-state index is 12.3. The average molecular weight is 439 g/mol. The van der Waals surface area contributed by atoms with Crippen molar-refractivity contribution in [2.75, 3.05) is 18.5 Å². The molecule has 0 spiro atoms. The van der Waals surface area contributed by atoms with Crippen LogP contribution in [0.3, 0.4) is 0 Å². The van der Waals surface area contributed by atoms with E-state index in [9.17, 15) is 19.2 Å². The van der Waals surface area contributed by atoms with Crippen molar-refractivity contribution in [2.45, 2.75) is 19.8 Å². The van der Waals surface area contributed by atoms with Gasteiger partial charge in [-0.2, -0.15) is 0 Å². The number of carbonyl (C=O) groups excluding carboxylic acids is 4. The van der Waals surface area contributed by atoms with Crippen molar-refractivity contribution in [1.29, 1.82) is 0 Å². The fourth-order valence-corrected chi connectivity index (χ4v) is 3.20. The maximum Gasteiger partial charge on any atom is 0.338 e. The molecule has 3 rings (SSSR count). The lowest BCUT2D eigenvalue weighted by Crippen LogP contribution is -2.43. The Morgan fingerprint density at radius 1 is 1.03 bits per heavy atom. The third-order valence-corrected chi connectivity index (χ3v) is 4.72. The van der Waals surface area contributed by atoms with Gasteiger partial charge in [0.15, 0.2) is 5.11 Å². The Morgan fingerprint density at radius 3 is 2.35 bits per heavy atom. The number of nitrogens with zero attached hydrogens (tertiary/aromatic N) is 1. The summed E-state index contributed by atoms with van der Waals surface area (Å²) in [6.45, 7) is 1.89. The van der Waals surface area contributed by atoms with Crippen LogP contribution < -0.4 is 10.6 Å². The van der Waals surface area contributed by atoms with E-state index in [1.807, 2.05) is 6.92 Å². The number of carbonyl (C=O) groups is 4. The van der Waals surface area contributed by atoms with Gasteiger partial charge < -0.3 is 15.4 Å². The average Bonchev–Trinajstić information content (AvgIpc) is 2.99. The largest absolute Gasteiger partial charge is 0.462 e. The number of benzene rings is 2. The Bertz CT molecular complexity index is 1020. The Balaban J connectivity index is 1.55. The summed E-state index contributed by atoms with van der Waals surface area (Å²) in [5.41, 5.74) is 1.37. The lowest BCUT2D eigenvalue weighted by Gasteiger charge is -2.15. The fraction of sp³-hybridized carbons (Fsp3) is 0.227. The molecule has 0 unspecified atom stereocenters. The fourth-order valence-electron chi connectivity index (χ4n) is 2.97. The van der Waals surface area contributed by atoms with E-state index >= 15 is 0 Å². The summed E-state index contributed by atoms with van der Waals surface area (Å²) in [6.07, 6.45) is 1.70. The van der Waals surface area contributed by atoms with Crippen molar-refractivity contribution < 1.29 is 23.9 Å². The number of fused-ring (bicyclic) bond motifs is 1. The Hall–Kier alpha value is -3.59. The number of thiocarbonyl (C=S) groups is 1. The highest BCUT2D eigenvalue weighted by atomic mass is 32.1. The number of imide groups is 1. The minimum atomic E-state index is -0.623. The van der Waals surface area contributed by atoms with Crippen molar-refractivity contribution >= 4 is 46.7 Å². The summed E-state index contributed by atoms with van der Waals surface area (Å²) in [4.78, 5) is 49.9. The van der Waals surface area contributed by atoms with Crippen molar-refractivity contribution in [1.82, 2.24) is 10.2 Å². The molecule has 1 heterocycles. The van der Waals surface area contributed by atoms with Gasteiger partial charge in [-0.3, -0.25) is 19.3 Å². The van der Waals surface area contributed by atoms with Crippen molar-refractivity contribution in [3.05, 3.63) is 65.2 Å². The van der Waals surface area contributed by atoms with Gasteiger partial charge in [0, 0.05) is 5.69 Å². The molecule has 0 aromatic heterocycles. The van der Waals surface area contributed by atoms with Crippen LogP contribution in [0.25, 0.3) is 0 Å². The number of amides is 3. The predicted molar refractivity (Wildman–Crippen MR) is 118 cm³/mol. The SMILES string of the molecule is CCCCOC(=O)c1cccc(NC(=S)NC(=O)CN2C(=O)c3ccccc3C2=O)c1. The number of rotatable bonds is 7. The molecule has 3 amide bonds. The minimum absolute atomic E-state index is 0.0295. The molecule has 0 aliphatic carbocycles. The number of nitrogens with one attached hydrogen (secondary N) is 2. The maximum absolute atomic E-state index is 12.3. The molecule has 1 aliphatic heterocycles. The second-order valence-corrected chi connectivity index (χ2v) is 7.22. The summed E-state index contributed by atoms with van der Waals surface area (Å²) in [5.74, 6) is -2.12. The number of hydrogen-bond donors (Lipinski definition) is 2. The molecule has 160 valence electrons. The first-order chi connectivity index (χ1) is 14.9. The van der Waals surface area contributed by atoms with Gasteiger partial charge in [-0.05, 0) is 49.0 Å². The lowest BCUT2D eigenvalue weighted by atomic mass is 10.1. The first-order valence-electron chi connectivity index (χ1n) is 9.74. The van der Waals surface area contributed by atoms with E-state index < -0.39 is 30.2 Å². The van der Waals surface area contributed by atoms with Crippen molar-refractivity contribution in [2.24, 2.45) is 0 Å². The van der Waals surface area contributed by atoms with Gasteiger partial charge in [-0.15, -0.1) is 0 Å². The van der Waals surface area contributed by atoms with Crippen LogP contribution in [0.1, 0.15) is 50.8 Å². The molecular formula is C22H21N3O5S. The van der Waals surface area contributed by atoms with Crippen LogP contribution in [0.4, 0.5) is 5.69 Å². The molecule has 2 aromatic carbocycles. The smallest absolute Gasteiger partial charge is 0.338 e. The van der Waals surface area contributed by atoms with Gasteiger partial charge in [0.1, 0.15) is 6.54 Å². The van der Waals surface area contributed by atoms with Gasteiger partial charge in [0.05, 0.1) is 23.3 Å². The van der Waals surface area contributed by atoms with Crippen LogP contribution >= 0.6 is 12.2 Å². The Kier molecular flexibility index (Phi) is 7.09. The zero-order chi connectivity index (χ0) is 22.4. The molecule has 0 saturated heterocycles. The molecule has 9 heteroatoms. The molecule has 0 radical (unpaired) electrons. The highest BCUT2D eigenvalue weighted by Gasteiger charge is 2.36. The zero-order valence-electron chi connectivity index (χ0n) is 16.8. The van der Waals surface area contributed by atoms with E-state index in [1.165, 1.54) is 0 Å². The summed E-state index contributed by atoms with van der Waals surface area (Å²) in [5, 5.41) is 5.21. The topological polar surface area (TPSA) is 105 Å². The summed E-state index contributed by atoms with van der Waals surface area (Å²) < 4.78 is 5.18. The molecule has 2 aromatic rings. The molecule has 1 aliphatic rings. The number of hydrogen-bond acceptors (Lipinski definition) is 6. The van der Waals surface area contributed by atoms with Crippen LogP contribution in [-0.4, -0.2) is 46.9 Å². The number of unbranched alkanes of at least 4 members (excludes halogenated alkanes) is 1. The van der Waals surface area contributed by atoms with Crippen LogP contribution in [0.2, 0.25) is 0 Å². The number of anilines is 1. The van der Waals surface area contributed by atoms with E-state index in [0.29, 0.717) is 17.9 Å². The summed E-state index contributed by atoms with van der Waals surface area (Å²) >= 11 is 5.13. The molecule has 0 atom stereocenters. The zero-order valence-corrected chi connectivity index (χ0v) is 17.7. The minimum Gasteiger partial charge on any atom is -0.462 e. The normalized spacial score (nSPS) is 12.4. The van der Waals surface area contributed by atoms with Gasteiger partial charge in [-0.25, -0.2) is 4.79 Å². The standard InChI is InChI=1S/C22H21N3O5S/c1-2-3-11-30-21(29)14-7-6-8-15(12-14)23-22(31)24-18(26)13-25-19(27)16-9-4-5-10-17(16)20(25)28/h4-10,12H,2-3,11,13H2,1H3,(H2,23,24,26,31). The van der Waals surface area contributed by atoms with E-state index in [2.05, 4.69) is 10.6 Å². The highest BCUT2D eigenvalue weighted by molar-refractivity contribution is 7.80. The van der Waals surface area contributed by atoms with E-state index in [1.54, 1.807) is 48.5 Å². The van der Waals surface area contributed by atoms with Crippen LogP contribution in [-0.2, 0) is 9.53 Å². The Labute approximate surface area is 184 Å². The third kappa shape index (κ3) is 5.32. The first-order valence-corrected chi connectivity index (χ1v) is 10.1. The molecule has 8 nitrogen and oxygen atoms in total. The molecule has 0 fully saturated rings. The molecule has 0 saturated carbocycles. The number of esters is 1. The van der Waals surface area contributed by atoms with Crippen molar-refractivity contribution in [3.8, 4) is 0 Å². The van der Waals surface area contributed by atoms with E-state index in [4.69, 9.17) is 17.0 Å². The quantitative estimate of drug-likeness (QED) is 0.296. The highest BCUT2D eigenvalue weighted by Crippen LogP contribution is 2.21. The van der Waals surface area contributed by atoms with Crippen LogP contribution in [0.15, 0.2) is 48.5 Å².